The van der Waals surface area contributed by atoms with Crippen LogP contribution in [0.4, 0.5) is 18.3 Å². The zero-order valence-corrected chi connectivity index (χ0v) is 11.5. The van der Waals surface area contributed by atoms with Crippen molar-refractivity contribution in [1.82, 2.24) is 9.88 Å². The average Bonchev–Trinajstić information content (AvgIpc) is 3.09. The summed E-state index contributed by atoms with van der Waals surface area (Å²) in [6, 6.07) is 5.59. The predicted octanol–water partition coefficient (Wildman–Crippen LogP) is 3.41. The Morgan fingerprint density at radius 2 is 2.10 bits per heavy atom. The van der Waals surface area contributed by atoms with Gasteiger partial charge in [-0.05, 0) is 30.5 Å². The summed E-state index contributed by atoms with van der Waals surface area (Å²) in [4.78, 5) is 5.65. The van der Waals surface area contributed by atoms with Crippen molar-refractivity contribution in [2.45, 2.75) is 31.6 Å². The van der Waals surface area contributed by atoms with Crippen molar-refractivity contribution >= 4 is 26.7 Å². The minimum Gasteiger partial charge on any atom is -0.375 e. The number of hydrogen-bond acceptors (Lipinski definition) is 4. The molecule has 2 aromatic rings. The summed E-state index contributed by atoms with van der Waals surface area (Å²) in [5, 5.41) is 0.478. The van der Waals surface area contributed by atoms with Gasteiger partial charge in [-0.15, -0.1) is 0 Å². The molecular formula is C13H14F3N3S. The van der Waals surface area contributed by atoms with Crippen molar-refractivity contribution in [1.29, 1.82) is 0 Å². The predicted molar refractivity (Wildman–Crippen MR) is 73.5 cm³/mol. The first-order valence-corrected chi connectivity index (χ1v) is 7.18. The van der Waals surface area contributed by atoms with Crippen LogP contribution in [0.25, 0.3) is 10.2 Å². The molecular weight excluding hydrogens is 287 g/mol. The van der Waals surface area contributed by atoms with Gasteiger partial charge in [0.15, 0.2) is 5.13 Å². The molecule has 0 aliphatic heterocycles. The van der Waals surface area contributed by atoms with Gasteiger partial charge >= 0.3 is 6.18 Å². The number of nitrogens with zero attached hydrogens (tertiary/aromatic N) is 2. The molecule has 3 nitrogen and oxygen atoms in total. The van der Waals surface area contributed by atoms with E-state index in [9.17, 15) is 13.2 Å². The lowest BCUT2D eigenvalue weighted by atomic mass is 10.2. The molecule has 0 saturated heterocycles. The van der Waals surface area contributed by atoms with Gasteiger partial charge in [0.05, 0.1) is 16.8 Å². The molecule has 1 fully saturated rings. The lowest BCUT2D eigenvalue weighted by molar-refractivity contribution is -0.148. The van der Waals surface area contributed by atoms with Crippen LogP contribution in [0.5, 0.6) is 0 Å². The molecule has 20 heavy (non-hydrogen) atoms. The Morgan fingerprint density at radius 1 is 1.35 bits per heavy atom. The van der Waals surface area contributed by atoms with Crippen LogP contribution in [0.15, 0.2) is 18.2 Å². The SMILES string of the molecule is Nc1nc2ccc(CN(CC(F)(F)F)C3CC3)cc2s1. The molecule has 0 amide bonds. The number of hydrogen-bond donors (Lipinski definition) is 1. The van der Waals surface area contributed by atoms with Crippen molar-refractivity contribution in [3.63, 3.8) is 0 Å². The molecule has 0 unspecified atom stereocenters. The fourth-order valence-corrected chi connectivity index (χ4v) is 3.10. The van der Waals surface area contributed by atoms with Crippen molar-refractivity contribution < 1.29 is 13.2 Å². The average molecular weight is 301 g/mol. The van der Waals surface area contributed by atoms with Gasteiger partial charge in [0.25, 0.3) is 0 Å². The lowest BCUT2D eigenvalue weighted by Crippen LogP contribution is -2.35. The molecule has 0 atom stereocenters. The van der Waals surface area contributed by atoms with Gasteiger partial charge in [-0.3, -0.25) is 4.90 Å². The number of nitrogens with two attached hydrogens (primary N) is 1. The van der Waals surface area contributed by atoms with E-state index in [1.807, 2.05) is 18.2 Å². The molecule has 1 aliphatic rings. The lowest BCUT2D eigenvalue weighted by Gasteiger charge is -2.23. The standard InChI is InChI=1S/C13H14F3N3S/c14-13(15,16)7-19(9-2-3-9)6-8-1-4-10-11(5-8)20-12(17)18-10/h1,4-5,9H,2-3,6-7H2,(H2,17,18). The molecule has 0 bridgehead atoms. The van der Waals surface area contributed by atoms with E-state index in [4.69, 9.17) is 5.73 Å². The van der Waals surface area contributed by atoms with E-state index in [1.54, 1.807) is 0 Å². The summed E-state index contributed by atoms with van der Waals surface area (Å²) in [5.41, 5.74) is 7.30. The Balaban J connectivity index is 1.79. The number of aromatic nitrogens is 1. The normalized spacial score (nSPS) is 16.2. The molecule has 1 saturated carbocycles. The van der Waals surface area contributed by atoms with Crippen LogP contribution in [-0.2, 0) is 6.54 Å². The van der Waals surface area contributed by atoms with Crippen molar-refractivity contribution in [3.05, 3.63) is 23.8 Å². The maximum Gasteiger partial charge on any atom is 0.401 e. The smallest absolute Gasteiger partial charge is 0.375 e. The van der Waals surface area contributed by atoms with Crippen molar-refractivity contribution in [3.8, 4) is 0 Å². The molecule has 3 rings (SSSR count). The number of alkyl halides is 3. The summed E-state index contributed by atoms with van der Waals surface area (Å²) < 4.78 is 38.7. The van der Waals surface area contributed by atoms with E-state index in [-0.39, 0.29) is 6.04 Å². The summed E-state index contributed by atoms with van der Waals surface area (Å²) in [6.07, 6.45) is -2.45. The van der Waals surface area contributed by atoms with Gasteiger partial charge in [-0.1, -0.05) is 17.4 Å². The highest BCUT2D eigenvalue weighted by Crippen LogP contribution is 2.32. The van der Waals surface area contributed by atoms with Gasteiger partial charge in [0, 0.05) is 12.6 Å². The van der Waals surface area contributed by atoms with E-state index in [0.717, 1.165) is 28.6 Å². The number of thiazole rings is 1. The first-order chi connectivity index (χ1) is 9.40. The largest absolute Gasteiger partial charge is 0.401 e. The minimum atomic E-state index is -4.15. The van der Waals surface area contributed by atoms with Crippen molar-refractivity contribution in [2.24, 2.45) is 0 Å². The first kappa shape index (κ1) is 13.6. The van der Waals surface area contributed by atoms with Crippen LogP contribution in [0.1, 0.15) is 18.4 Å². The van der Waals surface area contributed by atoms with Crippen LogP contribution >= 0.6 is 11.3 Å². The monoisotopic (exact) mass is 301 g/mol. The Bertz CT molecular complexity index is 619. The van der Waals surface area contributed by atoms with E-state index in [2.05, 4.69) is 4.98 Å². The summed E-state index contributed by atoms with van der Waals surface area (Å²) in [5.74, 6) is 0. The van der Waals surface area contributed by atoms with E-state index >= 15 is 0 Å². The van der Waals surface area contributed by atoms with Crippen LogP contribution in [0.3, 0.4) is 0 Å². The van der Waals surface area contributed by atoms with Crippen LogP contribution in [0.2, 0.25) is 0 Å². The van der Waals surface area contributed by atoms with Crippen molar-refractivity contribution in [2.75, 3.05) is 12.3 Å². The fourth-order valence-electron chi connectivity index (χ4n) is 2.30. The van der Waals surface area contributed by atoms with E-state index in [1.165, 1.54) is 16.2 Å². The van der Waals surface area contributed by atoms with Gasteiger partial charge in [0.2, 0.25) is 0 Å². The molecule has 0 spiro atoms. The molecule has 7 heteroatoms. The maximum atomic E-state index is 12.6. The number of benzene rings is 1. The van der Waals surface area contributed by atoms with E-state index < -0.39 is 12.7 Å². The molecule has 108 valence electrons. The highest BCUT2D eigenvalue weighted by atomic mass is 32.1. The number of nitrogen functional groups attached to an aromatic ring is 1. The third-order valence-corrected chi connectivity index (χ3v) is 4.15. The Hall–Kier alpha value is -1.34. The maximum absolute atomic E-state index is 12.6. The van der Waals surface area contributed by atoms with Crippen LogP contribution in [0, 0.1) is 0 Å². The van der Waals surface area contributed by atoms with Crippen LogP contribution < -0.4 is 5.73 Å². The highest BCUT2D eigenvalue weighted by Gasteiger charge is 2.37. The second kappa shape index (κ2) is 4.89. The molecule has 0 radical (unpaired) electrons. The third kappa shape index (κ3) is 3.21. The number of fused-ring (bicyclic) bond motifs is 1. The molecule has 1 aromatic carbocycles. The second-order valence-corrected chi connectivity index (χ2v) is 6.17. The Morgan fingerprint density at radius 3 is 2.75 bits per heavy atom. The number of halogens is 3. The second-order valence-electron chi connectivity index (χ2n) is 5.11. The summed E-state index contributed by atoms with van der Waals surface area (Å²) in [7, 11) is 0. The highest BCUT2D eigenvalue weighted by molar-refractivity contribution is 7.22. The number of rotatable bonds is 4. The quantitative estimate of drug-likeness (QED) is 0.941. The van der Waals surface area contributed by atoms with Gasteiger partial charge in [-0.25, -0.2) is 4.98 Å². The Kier molecular flexibility index (Phi) is 3.33. The molecule has 2 N–H and O–H groups in total. The fraction of sp³-hybridized carbons (Fsp3) is 0.462. The molecule has 1 aliphatic carbocycles. The molecule has 1 aromatic heterocycles. The van der Waals surface area contributed by atoms with Gasteiger partial charge in [0.1, 0.15) is 0 Å². The van der Waals surface area contributed by atoms with Crippen LogP contribution in [-0.4, -0.2) is 28.6 Å². The van der Waals surface area contributed by atoms with E-state index in [0.29, 0.717) is 11.7 Å². The zero-order valence-electron chi connectivity index (χ0n) is 10.7. The molecule has 1 heterocycles. The van der Waals surface area contributed by atoms with Gasteiger partial charge < -0.3 is 5.73 Å². The Labute approximate surface area is 118 Å². The topological polar surface area (TPSA) is 42.1 Å². The number of anilines is 1. The minimum absolute atomic E-state index is 0.0684. The third-order valence-electron chi connectivity index (χ3n) is 3.30. The first-order valence-electron chi connectivity index (χ1n) is 6.36. The van der Waals surface area contributed by atoms with Gasteiger partial charge in [-0.2, -0.15) is 13.2 Å². The summed E-state index contributed by atoms with van der Waals surface area (Å²) in [6.45, 7) is -0.529. The summed E-state index contributed by atoms with van der Waals surface area (Å²) >= 11 is 1.36. The zero-order chi connectivity index (χ0) is 14.3.